The molecule has 1 aromatic heterocycles. The predicted octanol–water partition coefficient (Wildman–Crippen LogP) is 1.90. The van der Waals surface area contributed by atoms with E-state index in [9.17, 15) is 4.79 Å². The van der Waals surface area contributed by atoms with Crippen molar-refractivity contribution < 1.29 is 4.79 Å². The van der Waals surface area contributed by atoms with Crippen molar-refractivity contribution in [3.8, 4) is 0 Å². The van der Waals surface area contributed by atoms with Crippen molar-refractivity contribution in [3.05, 3.63) is 60.2 Å². The molecule has 0 fully saturated rings. The van der Waals surface area contributed by atoms with Gasteiger partial charge in [-0.1, -0.05) is 30.3 Å². The number of benzene rings is 1. The number of nitrogens with zero attached hydrogens (tertiary/aromatic N) is 2. The summed E-state index contributed by atoms with van der Waals surface area (Å²) in [4.78, 5) is 19.5. The third kappa shape index (κ3) is 2.47. The summed E-state index contributed by atoms with van der Waals surface area (Å²) >= 11 is 0. The molecule has 0 aliphatic heterocycles. The van der Waals surface area contributed by atoms with Crippen LogP contribution in [-0.4, -0.2) is 15.8 Å². The molecule has 0 saturated carbocycles. The van der Waals surface area contributed by atoms with Gasteiger partial charge in [-0.2, -0.15) is 0 Å². The van der Waals surface area contributed by atoms with Gasteiger partial charge < -0.3 is 0 Å². The van der Waals surface area contributed by atoms with Crippen LogP contribution in [0.25, 0.3) is 0 Å². The molecule has 0 N–H and O–H groups in total. The lowest BCUT2D eigenvalue weighted by Crippen LogP contribution is -2.07. The summed E-state index contributed by atoms with van der Waals surface area (Å²) in [5.41, 5.74) is 0.981. The minimum absolute atomic E-state index is 0.0539. The summed E-state index contributed by atoms with van der Waals surface area (Å²) in [6, 6.07) is 11.3. The average Bonchev–Trinajstić information content (AvgIpc) is 2.31. The van der Waals surface area contributed by atoms with Crippen LogP contribution in [0.4, 0.5) is 0 Å². The smallest absolute Gasteiger partial charge is 0.204 e. The van der Waals surface area contributed by atoms with E-state index in [0.29, 0.717) is 6.42 Å². The maximum Gasteiger partial charge on any atom is 0.204 e. The molecule has 2 aromatic rings. The Kier molecular flexibility index (Phi) is 2.83. The van der Waals surface area contributed by atoms with Gasteiger partial charge in [0, 0.05) is 18.8 Å². The zero-order valence-electron chi connectivity index (χ0n) is 8.13. The molecule has 0 spiro atoms. The van der Waals surface area contributed by atoms with E-state index in [2.05, 4.69) is 9.97 Å². The largest absolute Gasteiger partial charge is 0.290 e. The van der Waals surface area contributed by atoms with Gasteiger partial charge in [-0.15, -0.1) is 0 Å². The van der Waals surface area contributed by atoms with Crippen LogP contribution in [-0.2, 0) is 6.42 Å². The molecule has 0 amide bonds. The van der Waals surface area contributed by atoms with Crippen molar-refractivity contribution in [2.75, 3.05) is 0 Å². The van der Waals surface area contributed by atoms with Gasteiger partial charge in [-0.05, 0) is 11.6 Å². The molecule has 0 aliphatic rings. The van der Waals surface area contributed by atoms with Crippen molar-refractivity contribution in [3.63, 3.8) is 0 Å². The number of hydrogen-bond donors (Lipinski definition) is 0. The Labute approximate surface area is 87.8 Å². The first-order valence-electron chi connectivity index (χ1n) is 4.70. The van der Waals surface area contributed by atoms with Crippen LogP contribution >= 0.6 is 0 Å². The van der Waals surface area contributed by atoms with Crippen LogP contribution in [0, 0.1) is 0 Å². The molecule has 1 aromatic carbocycles. The van der Waals surface area contributed by atoms with E-state index in [-0.39, 0.29) is 11.6 Å². The Morgan fingerprint density at radius 2 is 1.67 bits per heavy atom. The molecule has 74 valence electrons. The first-order chi connectivity index (χ1) is 7.36. The predicted molar refractivity (Wildman–Crippen MR) is 56.5 cm³/mol. The summed E-state index contributed by atoms with van der Waals surface area (Å²) in [6.07, 6.45) is 3.50. The Morgan fingerprint density at radius 3 is 2.33 bits per heavy atom. The lowest BCUT2D eigenvalue weighted by atomic mass is 10.1. The van der Waals surface area contributed by atoms with Gasteiger partial charge in [0.05, 0.1) is 0 Å². The highest BCUT2D eigenvalue weighted by molar-refractivity contribution is 5.93. The Hall–Kier alpha value is -2.03. The molecule has 0 aliphatic carbocycles. The lowest BCUT2D eigenvalue weighted by Gasteiger charge is -1.98. The number of hydrogen-bond acceptors (Lipinski definition) is 3. The third-order valence-electron chi connectivity index (χ3n) is 2.02. The van der Waals surface area contributed by atoms with Crippen LogP contribution in [0.15, 0.2) is 48.8 Å². The van der Waals surface area contributed by atoms with Crippen molar-refractivity contribution in [2.24, 2.45) is 0 Å². The summed E-state index contributed by atoms with van der Waals surface area (Å²) < 4.78 is 0. The highest BCUT2D eigenvalue weighted by atomic mass is 16.1. The zero-order valence-corrected chi connectivity index (χ0v) is 8.13. The number of rotatable bonds is 3. The van der Waals surface area contributed by atoms with Gasteiger partial charge in [-0.25, -0.2) is 9.97 Å². The van der Waals surface area contributed by atoms with E-state index in [1.807, 2.05) is 30.3 Å². The normalized spacial score (nSPS) is 9.87. The van der Waals surface area contributed by atoms with Gasteiger partial charge in [0.2, 0.25) is 5.78 Å². The summed E-state index contributed by atoms with van der Waals surface area (Å²) in [5.74, 6) is 0.225. The molecule has 0 atom stereocenters. The molecular weight excluding hydrogens is 188 g/mol. The fourth-order valence-corrected chi connectivity index (χ4v) is 1.30. The standard InChI is InChI=1S/C12H10N2O/c15-11(12-13-7-4-8-14-12)9-10-5-2-1-3-6-10/h1-8H,9H2. The van der Waals surface area contributed by atoms with Gasteiger partial charge in [0.15, 0.2) is 5.82 Å². The van der Waals surface area contributed by atoms with Crippen molar-refractivity contribution in [2.45, 2.75) is 6.42 Å². The lowest BCUT2D eigenvalue weighted by molar-refractivity contribution is 0.0983. The molecule has 1 heterocycles. The van der Waals surface area contributed by atoms with Gasteiger partial charge >= 0.3 is 0 Å². The first kappa shape index (κ1) is 9.52. The summed E-state index contributed by atoms with van der Waals surface area (Å²) in [5, 5.41) is 0. The molecule has 2 rings (SSSR count). The van der Waals surface area contributed by atoms with Crippen molar-refractivity contribution in [1.29, 1.82) is 0 Å². The van der Waals surface area contributed by atoms with Crippen LogP contribution in [0.3, 0.4) is 0 Å². The van der Waals surface area contributed by atoms with Crippen LogP contribution in [0.5, 0.6) is 0 Å². The Bertz CT molecular complexity index is 440. The minimum Gasteiger partial charge on any atom is -0.290 e. The Balaban J connectivity index is 2.12. The van der Waals surface area contributed by atoms with E-state index in [1.54, 1.807) is 18.5 Å². The second kappa shape index (κ2) is 4.46. The van der Waals surface area contributed by atoms with Crippen molar-refractivity contribution in [1.82, 2.24) is 9.97 Å². The minimum atomic E-state index is -0.0539. The number of aromatic nitrogens is 2. The number of Topliss-reactive ketones (excluding diaryl/α,β-unsaturated/α-hetero) is 1. The number of ketones is 1. The molecular formula is C12H10N2O. The topological polar surface area (TPSA) is 42.9 Å². The fraction of sp³-hybridized carbons (Fsp3) is 0.0833. The van der Waals surface area contributed by atoms with Crippen molar-refractivity contribution >= 4 is 5.78 Å². The zero-order chi connectivity index (χ0) is 10.5. The fourth-order valence-electron chi connectivity index (χ4n) is 1.30. The first-order valence-corrected chi connectivity index (χ1v) is 4.70. The van der Waals surface area contributed by atoms with E-state index < -0.39 is 0 Å². The van der Waals surface area contributed by atoms with Crippen LogP contribution < -0.4 is 0 Å². The molecule has 3 heteroatoms. The van der Waals surface area contributed by atoms with E-state index in [4.69, 9.17) is 0 Å². The molecule has 15 heavy (non-hydrogen) atoms. The molecule has 0 unspecified atom stereocenters. The average molecular weight is 198 g/mol. The monoisotopic (exact) mass is 198 g/mol. The van der Waals surface area contributed by atoms with Gasteiger partial charge in [-0.3, -0.25) is 4.79 Å². The Morgan fingerprint density at radius 1 is 1.00 bits per heavy atom. The van der Waals surface area contributed by atoms with Gasteiger partial charge in [0.25, 0.3) is 0 Å². The van der Waals surface area contributed by atoms with E-state index >= 15 is 0 Å². The van der Waals surface area contributed by atoms with E-state index in [0.717, 1.165) is 5.56 Å². The molecule has 0 bridgehead atoms. The molecule has 3 nitrogen and oxygen atoms in total. The SMILES string of the molecule is O=C(Cc1ccccc1)c1ncccn1. The second-order valence-corrected chi connectivity index (χ2v) is 3.16. The van der Waals surface area contributed by atoms with Crippen LogP contribution in [0.1, 0.15) is 16.2 Å². The summed E-state index contributed by atoms with van der Waals surface area (Å²) in [6.45, 7) is 0. The van der Waals surface area contributed by atoms with Crippen LogP contribution in [0.2, 0.25) is 0 Å². The maximum absolute atomic E-state index is 11.7. The number of carbonyl (C=O) groups is 1. The number of carbonyl (C=O) groups excluding carboxylic acids is 1. The maximum atomic E-state index is 11.7. The summed E-state index contributed by atoms with van der Waals surface area (Å²) in [7, 11) is 0. The molecule has 0 radical (unpaired) electrons. The second-order valence-electron chi connectivity index (χ2n) is 3.16. The highest BCUT2D eigenvalue weighted by Crippen LogP contribution is 2.03. The quantitative estimate of drug-likeness (QED) is 0.707. The highest BCUT2D eigenvalue weighted by Gasteiger charge is 2.08. The van der Waals surface area contributed by atoms with E-state index in [1.165, 1.54) is 0 Å². The van der Waals surface area contributed by atoms with Gasteiger partial charge in [0.1, 0.15) is 0 Å². The molecule has 0 saturated heterocycles. The third-order valence-corrected chi connectivity index (χ3v) is 2.02.